The summed E-state index contributed by atoms with van der Waals surface area (Å²) in [5.41, 5.74) is -3.85. The highest BCUT2D eigenvalue weighted by Gasteiger charge is 2.46. The summed E-state index contributed by atoms with van der Waals surface area (Å²) in [4.78, 5) is 15.8. The first-order valence-electron chi connectivity index (χ1n) is 2.24. The van der Waals surface area contributed by atoms with Crippen LogP contribution in [0.5, 0.6) is 0 Å². The van der Waals surface area contributed by atoms with Gasteiger partial charge in [-0.25, -0.2) is 0 Å². The van der Waals surface area contributed by atoms with Crippen LogP contribution >= 0.6 is 7.60 Å². The largest absolute Gasteiger partial charge is 0.394 e. The van der Waals surface area contributed by atoms with Crippen molar-refractivity contribution in [2.24, 2.45) is 0 Å². The van der Waals surface area contributed by atoms with Crippen molar-refractivity contribution in [2.75, 3.05) is 0 Å². The van der Waals surface area contributed by atoms with Crippen molar-refractivity contribution in [1.82, 2.24) is 0 Å². The highest BCUT2D eigenvalue weighted by atomic mass is 31.2. The van der Waals surface area contributed by atoms with E-state index < -0.39 is 19.7 Å². The Morgan fingerprint density at radius 1 is 1.56 bits per heavy atom. The SMILES string of the molecule is CCC(F)(F)P(=O)(O)O. The normalized spacial score (nSPS) is 13.9. The van der Waals surface area contributed by atoms with Crippen molar-refractivity contribution in [3.8, 4) is 0 Å². The summed E-state index contributed by atoms with van der Waals surface area (Å²) in [6, 6.07) is 0. The third-order valence-corrected chi connectivity index (χ3v) is 2.02. The van der Waals surface area contributed by atoms with Crippen LogP contribution < -0.4 is 0 Å². The summed E-state index contributed by atoms with van der Waals surface area (Å²) in [6.07, 6.45) is -0.836. The van der Waals surface area contributed by atoms with Crippen molar-refractivity contribution in [1.29, 1.82) is 0 Å². The fourth-order valence-electron chi connectivity index (χ4n) is 0.206. The minimum absolute atomic E-state index is 0.836. The topological polar surface area (TPSA) is 57.5 Å². The van der Waals surface area contributed by atoms with Crippen molar-refractivity contribution >= 4 is 7.60 Å². The van der Waals surface area contributed by atoms with Crippen LogP contribution in [0.3, 0.4) is 0 Å². The zero-order valence-corrected chi connectivity index (χ0v) is 5.61. The number of alkyl halides is 2. The summed E-state index contributed by atoms with van der Waals surface area (Å²) in [5, 5.41) is 0. The van der Waals surface area contributed by atoms with E-state index in [1.807, 2.05) is 0 Å². The Bertz CT molecular complexity index is 140. The molecule has 6 heteroatoms. The lowest BCUT2D eigenvalue weighted by molar-refractivity contribution is 0.0553. The van der Waals surface area contributed by atoms with E-state index in [2.05, 4.69) is 0 Å². The predicted octanol–water partition coefficient (Wildman–Crippen LogP) is 1.17. The molecule has 0 rings (SSSR count). The van der Waals surface area contributed by atoms with Gasteiger partial charge in [-0.2, -0.15) is 8.78 Å². The maximum Gasteiger partial charge on any atom is 0.394 e. The van der Waals surface area contributed by atoms with E-state index in [1.165, 1.54) is 0 Å². The molecule has 0 aliphatic rings. The zero-order valence-electron chi connectivity index (χ0n) is 4.71. The molecule has 0 bridgehead atoms. The molecule has 0 atom stereocenters. The fraction of sp³-hybridized carbons (Fsp3) is 1.00. The molecule has 0 aliphatic heterocycles. The Labute approximate surface area is 50.9 Å². The standard InChI is InChI=1S/C3H7F2O3P/c1-2-3(4,5)9(6,7)8/h2H2,1H3,(H2,6,7,8). The molecule has 2 N–H and O–H groups in total. The average Bonchev–Trinajstić information content (AvgIpc) is 1.64. The first kappa shape index (κ1) is 9.01. The molecule has 0 aromatic carbocycles. The number of hydrogen-bond donors (Lipinski definition) is 2. The van der Waals surface area contributed by atoms with E-state index in [4.69, 9.17) is 9.79 Å². The minimum Gasteiger partial charge on any atom is -0.320 e. The smallest absolute Gasteiger partial charge is 0.320 e. The summed E-state index contributed by atoms with van der Waals surface area (Å²) >= 11 is 0. The van der Waals surface area contributed by atoms with Gasteiger partial charge in [-0.05, 0) is 0 Å². The van der Waals surface area contributed by atoms with Gasteiger partial charge in [0.25, 0.3) is 0 Å². The lowest BCUT2D eigenvalue weighted by atomic mass is 10.5. The molecule has 3 nitrogen and oxygen atoms in total. The Balaban J connectivity index is 4.34. The lowest BCUT2D eigenvalue weighted by Gasteiger charge is -2.14. The van der Waals surface area contributed by atoms with Gasteiger partial charge in [-0.15, -0.1) is 0 Å². The molecule has 0 heterocycles. The molecule has 0 fully saturated rings. The molecule has 0 aromatic rings. The second-order valence-corrected chi connectivity index (χ2v) is 3.31. The molecule has 0 unspecified atom stereocenters. The van der Waals surface area contributed by atoms with Gasteiger partial charge in [0.05, 0.1) is 0 Å². The van der Waals surface area contributed by atoms with Crippen LogP contribution in [0, 0.1) is 0 Å². The molecule has 0 spiro atoms. The Morgan fingerprint density at radius 3 is 1.89 bits per heavy atom. The zero-order chi connectivity index (χ0) is 7.71. The van der Waals surface area contributed by atoms with Crippen LogP contribution in [-0.4, -0.2) is 15.5 Å². The Morgan fingerprint density at radius 2 is 1.89 bits per heavy atom. The van der Waals surface area contributed by atoms with E-state index in [9.17, 15) is 13.3 Å². The Kier molecular flexibility index (Phi) is 2.33. The van der Waals surface area contributed by atoms with Crippen molar-refractivity contribution < 1.29 is 23.1 Å². The van der Waals surface area contributed by atoms with Gasteiger partial charge in [0.2, 0.25) is 0 Å². The maximum absolute atomic E-state index is 11.9. The first-order valence-corrected chi connectivity index (χ1v) is 3.86. The molecule has 0 aliphatic carbocycles. The van der Waals surface area contributed by atoms with Gasteiger partial charge in [0.1, 0.15) is 0 Å². The van der Waals surface area contributed by atoms with Crippen LogP contribution in [0.4, 0.5) is 8.78 Å². The number of hydrogen-bond acceptors (Lipinski definition) is 1. The van der Waals surface area contributed by atoms with E-state index in [0.717, 1.165) is 6.92 Å². The van der Waals surface area contributed by atoms with Gasteiger partial charge in [0.15, 0.2) is 0 Å². The van der Waals surface area contributed by atoms with Crippen molar-refractivity contribution in [3.63, 3.8) is 0 Å². The van der Waals surface area contributed by atoms with Gasteiger partial charge >= 0.3 is 13.3 Å². The van der Waals surface area contributed by atoms with Crippen LogP contribution in [0.2, 0.25) is 0 Å². The summed E-state index contributed by atoms with van der Waals surface area (Å²) < 4.78 is 33.6. The molecule has 9 heavy (non-hydrogen) atoms. The summed E-state index contributed by atoms with van der Waals surface area (Å²) in [5.74, 6) is 0. The number of rotatable bonds is 2. The molecule has 0 saturated heterocycles. The van der Waals surface area contributed by atoms with Crippen molar-refractivity contribution in [2.45, 2.75) is 19.0 Å². The average molecular weight is 160 g/mol. The molecule has 0 radical (unpaired) electrons. The van der Waals surface area contributed by atoms with Crippen LogP contribution in [0.15, 0.2) is 0 Å². The van der Waals surface area contributed by atoms with E-state index in [1.54, 1.807) is 0 Å². The van der Waals surface area contributed by atoms with E-state index >= 15 is 0 Å². The third-order valence-electron chi connectivity index (χ3n) is 0.852. The van der Waals surface area contributed by atoms with E-state index in [-0.39, 0.29) is 0 Å². The Hall–Kier alpha value is 0.01000. The van der Waals surface area contributed by atoms with E-state index in [0.29, 0.717) is 0 Å². The van der Waals surface area contributed by atoms with Crippen LogP contribution in [-0.2, 0) is 4.57 Å². The number of halogens is 2. The molecule has 0 saturated carbocycles. The highest BCUT2D eigenvalue weighted by Crippen LogP contribution is 2.54. The van der Waals surface area contributed by atoms with Gasteiger partial charge in [-0.3, -0.25) is 4.57 Å². The molecule has 0 aromatic heterocycles. The quantitative estimate of drug-likeness (QED) is 0.596. The monoisotopic (exact) mass is 160 g/mol. The van der Waals surface area contributed by atoms with Crippen LogP contribution in [0.25, 0.3) is 0 Å². The summed E-state index contributed by atoms with van der Waals surface area (Å²) in [6.45, 7) is 1.01. The predicted molar refractivity (Wildman–Crippen MR) is 27.3 cm³/mol. The van der Waals surface area contributed by atoms with Gasteiger partial charge < -0.3 is 9.79 Å². The summed E-state index contributed by atoms with van der Waals surface area (Å²) in [7, 11) is -5.20. The molecule has 0 amide bonds. The van der Waals surface area contributed by atoms with Crippen molar-refractivity contribution in [3.05, 3.63) is 0 Å². The van der Waals surface area contributed by atoms with Gasteiger partial charge in [-0.1, -0.05) is 6.92 Å². The molecular formula is C3H7F2O3P. The maximum atomic E-state index is 11.9. The second kappa shape index (κ2) is 2.33. The first-order chi connectivity index (χ1) is 3.81. The minimum atomic E-state index is -5.20. The van der Waals surface area contributed by atoms with Gasteiger partial charge in [0, 0.05) is 6.42 Å². The lowest BCUT2D eigenvalue weighted by Crippen LogP contribution is -2.13. The molecular weight excluding hydrogens is 153 g/mol. The second-order valence-electron chi connectivity index (χ2n) is 1.56. The fourth-order valence-corrected chi connectivity index (χ4v) is 0.618. The highest BCUT2D eigenvalue weighted by molar-refractivity contribution is 7.53. The third kappa shape index (κ3) is 2.01. The molecule has 56 valence electrons. The van der Waals surface area contributed by atoms with Crippen LogP contribution in [0.1, 0.15) is 13.3 Å².